The number of benzene rings is 2. The Balaban J connectivity index is 1.28. The van der Waals surface area contributed by atoms with E-state index in [2.05, 4.69) is 10.3 Å². The molecule has 29 heavy (non-hydrogen) atoms. The van der Waals surface area contributed by atoms with Crippen LogP contribution in [-0.4, -0.2) is 10.9 Å². The molecule has 0 unspecified atom stereocenters. The molecule has 1 N–H and O–H groups in total. The van der Waals surface area contributed by atoms with E-state index in [1.165, 1.54) is 12.1 Å². The average Bonchev–Trinajstić information content (AvgIpc) is 3.43. The third-order valence-electron chi connectivity index (χ3n) is 6.80. The number of anilines is 1. The molecular weight excluding hydrogens is 370 g/mol. The molecule has 2 aliphatic carbocycles. The number of rotatable bonds is 3. The van der Waals surface area contributed by atoms with Crippen molar-refractivity contribution < 1.29 is 13.6 Å². The Labute approximate surface area is 168 Å². The van der Waals surface area contributed by atoms with Gasteiger partial charge in [0.25, 0.3) is 0 Å². The van der Waals surface area contributed by atoms with Crippen LogP contribution in [0, 0.1) is 23.0 Å². The van der Waals surface area contributed by atoms with Crippen molar-refractivity contribution in [1.29, 1.82) is 0 Å². The van der Waals surface area contributed by atoms with Crippen LogP contribution in [0.4, 0.5) is 14.5 Å². The maximum Gasteiger partial charge on any atom is 0.228 e. The number of hydrogen-bond donors (Lipinski definition) is 1. The fraction of sp³-hybridized carbons (Fsp3) is 0.333. The van der Waals surface area contributed by atoms with Crippen molar-refractivity contribution in [2.24, 2.45) is 11.3 Å². The van der Waals surface area contributed by atoms with Crippen LogP contribution >= 0.6 is 0 Å². The Morgan fingerprint density at radius 3 is 2.66 bits per heavy atom. The molecule has 0 bridgehead atoms. The quantitative estimate of drug-likeness (QED) is 0.611. The number of para-hydroxylation sites is 1. The van der Waals surface area contributed by atoms with Crippen LogP contribution in [0.3, 0.4) is 0 Å². The summed E-state index contributed by atoms with van der Waals surface area (Å²) in [5.41, 5.74) is 2.26. The first kappa shape index (κ1) is 18.2. The van der Waals surface area contributed by atoms with Crippen LogP contribution in [0.25, 0.3) is 10.9 Å². The van der Waals surface area contributed by atoms with Crippen LogP contribution in [0.1, 0.15) is 43.6 Å². The maximum absolute atomic E-state index is 13.8. The summed E-state index contributed by atoms with van der Waals surface area (Å²) in [4.78, 5) is 17.0. The molecule has 3 nitrogen and oxygen atoms in total. The first-order valence-corrected chi connectivity index (χ1v) is 10.2. The Kier molecular flexibility index (Phi) is 4.34. The summed E-state index contributed by atoms with van der Waals surface area (Å²) in [6, 6.07) is 13.0. The van der Waals surface area contributed by atoms with Gasteiger partial charge in [0.1, 0.15) is 11.6 Å². The molecule has 0 aliphatic heterocycles. The smallest absolute Gasteiger partial charge is 0.228 e. The molecule has 148 valence electrons. The molecule has 0 radical (unpaired) electrons. The van der Waals surface area contributed by atoms with Crippen LogP contribution in [-0.2, 0) is 4.79 Å². The minimum Gasteiger partial charge on any atom is -0.323 e. The van der Waals surface area contributed by atoms with E-state index in [0.29, 0.717) is 5.92 Å². The highest BCUT2D eigenvalue weighted by Gasteiger charge is 2.58. The number of carbonyl (C=O) groups excluding carboxylic acids is 1. The lowest BCUT2D eigenvalue weighted by molar-refractivity contribution is -0.118. The second-order valence-electron chi connectivity index (χ2n) is 8.42. The highest BCUT2D eigenvalue weighted by molar-refractivity contribution is 5.95. The largest absolute Gasteiger partial charge is 0.323 e. The second kappa shape index (κ2) is 6.90. The van der Waals surface area contributed by atoms with Crippen molar-refractivity contribution in [2.75, 3.05) is 5.32 Å². The monoisotopic (exact) mass is 392 g/mol. The predicted octanol–water partition coefficient (Wildman–Crippen LogP) is 5.82. The van der Waals surface area contributed by atoms with Gasteiger partial charge in [-0.25, -0.2) is 8.78 Å². The van der Waals surface area contributed by atoms with E-state index in [0.717, 1.165) is 48.6 Å². The molecule has 2 fully saturated rings. The fourth-order valence-corrected chi connectivity index (χ4v) is 5.05. The van der Waals surface area contributed by atoms with Gasteiger partial charge in [-0.1, -0.05) is 12.1 Å². The Hall–Kier alpha value is -2.82. The molecule has 1 spiro atoms. The third-order valence-corrected chi connectivity index (χ3v) is 6.80. The lowest BCUT2D eigenvalue weighted by Gasteiger charge is -2.30. The van der Waals surface area contributed by atoms with Gasteiger partial charge in [-0.2, -0.15) is 0 Å². The molecule has 1 amide bonds. The van der Waals surface area contributed by atoms with Crippen LogP contribution in [0.2, 0.25) is 0 Å². The molecule has 1 aromatic heterocycles. The first-order valence-electron chi connectivity index (χ1n) is 10.2. The van der Waals surface area contributed by atoms with Gasteiger partial charge in [0.2, 0.25) is 5.91 Å². The minimum absolute atomic E-state index is 0.0416. The van der Waals surface area contributed by atoms with Crippen LogP contribution < -0.4 is 5.32 Å². The molecular formula is C24H22F2N2O. The number of hydrogen-bond acceptors (Lipinski definition) is 2. The minimum atomic E-state index is -0.406. The Bertz CT molecular complexity index is 1090. The summed E-state index contributed by atoms with van der Waals surface area (Å²) in [5, 5.41) is 3.64. The van der Waals surface area contributed by atoms with E-state index in [1.54, 1.807) is 36.5 Å². The summed E-state index contributed by atoms with van der Waals surface area (Å²) >= 11 is 0. The van der Waals surface area contributed by atoms with Gasteiger partial charge in [0.05, 0.1) is 11.2 Å². The van der Waals surface area contributed by atoms with Gasteiger partial charge in [0, 0.05) is 17.5 Å². The Morgan fingerprint density at radius 1 is 1.07 bits per heavy atom. The molecule has 1 atom stereocenters. The molecule has 5 heteroatoms. The van der Waals surface area contributed by atoms with E-state index in [9.17, 15) is 13.6 Å². The number of aromatic nitrogens is 1. The van der Waals surface area contributed by atoms with Crippen LogP contribution in [0.5, 0.6) is 0 Å². The molecule has 2 saturated carbocycles. The number of carbonyl (C=O) groups is 1. The number of pyridine rings is 1. The van der Waals surface area contributed by atoms with Crippen molar-refractivity contribution in [2.45, 2.75) is 38.0 Å². The average molecular weight is 392 g/mol. The first-order chi connectivity index (χ1) is 14.1. The number of fused-ring (bicyclic) bond motifs is 1. The van der Waals surface area contributed by atoms with Crippen molar-refractivity contribution >= 4 is 22.5 Å². The summed E-state index contributed by atoms with van der Waals surface area (Å²) in [7, 11) is 0. The van der Waals surface area contributed by atoms with Crippen molar-refractivity contribution in [1.82, 2.24) is 4.98 Å². The summed E-state index contributed by atoms with van der Waals surface area (Å²) in [6.07, 6.45) is 6.53. The predicted molar refractivity (Wildman–Crippen MR) is 108 cm³/mol. The normalized spacial score (nSPS) is 25.9. The van der Waals surface area contributed by atoms with E-state index in [-0.39, 0.29) is 28.7 Å². The summed E-state index contributed by atoms with van der Waals surface area (Å²) < 4.78 is 27.6. The standard InChI is InChI=1S/C24H22F2N2O/c25-16-5-6-21-18(13-16)17(9-12-27-21)15-7-10-24(11-8-15)14-19(24)23(29)28-22-4-2-1-3-20(22)26/h1-6,9,12-13,15,19H,7-8,10-11,14H2,(H,28,29)/t15?,19-,24?/m1/s1. The van der Waals surface area contributed by atoms with Gasteiger partial charge in [-0.05, 0) is 85.4 Å². The molecule has 2 aliphatic rings. The zero-order chi connectivity index (χ0) is 20.0. The Morgan fingerprint density at radius 2 is 1.86 bits per heavy atom. The van der Waals surface area contributed by atoms with E-state index in [4.69, 9.17) is 0 Å². The molecule has 1 heterocycles. The zero-order valence-electron chi connectivity index (χ0n) is 16.0. The van der Waals surface area contributed by atoms with Crippen molar-refractivity contribution in [3.63, 3.8) is 0 Å². The van der Waals surface area contributed by atoms with Crippen LogP contribution in [0.15, 0.2) is 54.7 Å². The van der Waals surface area contributed by atoms with Crippen molar-refractivity contribution in [3.05, 3.63) is 71.9 Å². The fourth-order valence-electron chi connectivity index (χ4n) is 5.05. The molecule has 3 aromatic rings. The van der Waals surface area contributed by atoms with Crippen molar-refractivity contribution in [3.8, 4) is 0 Å². The van der Waals surface area contributed by atoms with Gasteiger partial charge in [-0.3, -0.25) is 9.78 Å². The van der Waals surface area contributed by atoms with Gasteiger partial charge >= 0.3 is 0 Å². The lowest BCUT2D eigenvalue weighted by atomic mass is 9.75. The summed E-state index contributed by atoms with van der Waals surface area (Å²) in [6.45, 7) is 0. The topological polar surface area (TPSA) is 42.0 Å². The SMILES string of the molecule is O=C(Nc1ccccc1F)[C@H]1CC12CCC(c1ccnc3ccc(F)cc13)CC2. The maximum atomic E-state index is 13.8. The van der Waals surface area contributed by atoms with Gasteiger partial charge in [-0.15, -0.1) is 0 Å². The summed E-state index contributed by atoms with van der Waals surface area (Å²) in [5.74, 6) is -0.425. The highest BCUT2D eigenvalue weighted by atomic mass is 19.1. The number of nitrogens with zero attached hydrogens (tertiary/aromatic N) is 1. The molecule has 0 saturated heterocycles. The molecule has 5 rings (SSSR count). The van der Waals surface area contributed by atoms with Gasteiger partial charge < -0.3 is 5.32 Å². The lowest BCUT2D eigenvalue weighted by Crippen LogP contribution is -2.23. The van der Waals surface area contributed by atoms with Gasteiger partial charge in [0.15, 0.2) is 0 Å². The van der Waals surface area contributed by atoms with E-state index >= 15 is 0 Å². The number of nitrogens with one attached hydrogen (secondary N) is 1. The number of amides is 1. The second-order valence-corrected chi connectivity index (χ2v) is 8.42. The zero-order valence-corrected chi connectivity index (χ0v) is 16.0. The number of halogens is 2. The highest BCUT2D eigenvalue weighted by Crippen LogP contribution is 2.63. The third kappa shape index (κ3) is 3.28. The molecule has 2 aromatic carbocycles. The van der Waals surface area contributed by atoms with E-state index in [1.807, 2.05) is 6.07 Å². The van der Waals surface area contributed by atoms with E-state index < -0.39 is 5.82 Å².